The van der Waals surface area contributed by atoms with Crippen molar-refractivity contribution < 1.29 is 34.2 Å². The minimum atomic E-state index is -1.65. The molecule has 3 amide bonds. The van der Waals surface area contributed by atoms with Crippen LogP contribution in [0.15, 0.2) is 4.99 Å². The number of nitrogens with two attached hydrogens (primary N) is 3. The van der Waals surface area contributed by atoms with Gasteiger partial charge in [0, 0.05) is 6.54 Å². The number of guanidine groups is 1. The standard InChI is InChI=1S/C18H33N7O7/c1-9(2)6-10(19)15(29)25-11(4-3-5-22-18(20)21)16(30)23-8-13(26)24-12(17(31)32)7-14(27)28/h9-12H,3-8,19H2,1-2H3,(H,23,30)(H,24,26)(H,25,29)(H,27,28)(H,31,32)(H4,20,21,22). The second-order valence-corrected chi connectivity index (χ2v) is 7.52. The number of carbonyl (C=O) groups excluding carboxylic acids is 3. The third-order valence-electron chi connectivity index (χ3n) is 4.08. The van der Waals surface area contributed by atoms with Gasteiger partial charge in [0.15, 0.2) is 5.96 Å². The summed E-state index contributed by atoms with van der Waals surface area (Å²) in [5.74, 6) is -5.08. The Kier molecular flexibility index (Phi) is 13.0. The summed E-state index contributed by atoms with van der Waals surface area (Å²) in [5.41, 5.74) is 16.3. The van der Waals surface area contributed by atoms with Crippen LogP contribution in [0.3, 0.4) is 0 Å². The van der Waals surface area contributed by atoms with Gasteiger partial charge in [-0.05, 0) is 25.2 Å². The fourth-order valence-corrected chi connectivity index (χ4v) is 2.58. The zero-order valence-electron chi connectivity index (χ0n) is 18.2. The van der Waals surface area contributed by atoms with E-state index in [1.54, 1.807) is 0 Å². The third-order valence-corrected chi connectivity index (χ3v) is 4.08. The van der Waals surface area contributed by atoms with Crippen LogP contribution in [-0.2, 0) is 24.0 Å². The first-order chi connectivity index (χ1) is 14.8. The van der Waals surface area contributed by atoms with E-state index in [0.29, 0.717) is 12.8 Å². The molecule has 0 aromatic rings. The number of hydrogen-bond acceptors (Lipinski definition) is 7. The Morgan fingerprint density at radius 3 is 2.09 bits per heavy atom. The third kappa shape index (κ3) is 13.0. The summed E-state index contributed by atoms with van der Waals surface area (Å²) in [6.07, 6.45) is 0.0473. The zero-order chi connectivity index (χ0) is 24.8. The maximum atomic E-state index is 12.5. The highest BCUT2D eigenvalue weighted by Crippen LogP contribution is 2.05. The second kappa shape index (κ2) is 14.6. The summed E-state index contributed by atoms with van der Waals surface area (Å²) in [5, 5.41) is 24.5. The first-order valence-corrected chi connectivity index (χ1v) is 9.96. The fourth-order valence-electron chi connectivity index (χ4n) is 2.58. The Morgan fingerprint density at radius 2 is 1.59 bits per heavy atom. The summed E-state index contributed by atoms with van der Waals surface area (Å²) < 4.78 is 0. The normalized spacial score (nSPS) is 13.4. The van der Waals surface area contributed by atoms with Crippen LogP contribution < -0.4 is 33.2 Å². The summed E-state index contributed by atoms with van der Waals surface area (Å²) >= 11 is 0. The second-order valence-electron chi connectivity index (χ2n) is 7.52. The SMILES string of the molecule is CC(C)CC(N)C(=O)NC(CCCN=C(N)N)C(=O)NCC(=O)NC(CC(=O)O)C(=O)O. The summed E-state index contributed by atoms with van der Waals surface area (Å²) in [4.78, 5) is 62.2. The molecule has 14 nitrogen and oxygen atoms in total. The van der Waals surface area contributed by atoms with E-state index >= 15 is 0 Å². The molecule has 32 heavy (non-hydrogen) atoms. The van der Waals surface area contributed by atoms with Gasteiger partial charge < -0.3 is 43.4 Å². The number of hydrogen-bond donors (Lipinski definition) is 8. The summed E-state index contributed by atoms with van der Waals surface area (Å²) in [6.45, 7) is 3.36. The molecule has 0 aliphatic rings. The maximum absolute atomic E-state index is 12.5. The average molecular weight is 460 g/mol. The molecule has 14 heteroatoms. The molecule has 0 radical (unpaired) electrons. The highest BCUT2D eigenvalue weighted by atomic mass is 16.4. The van der Waals surface area contributed by atoms with E-state index in [-0.39, 0.29) is 24.8 Å². The molecule has 0 spiro atoms. The minimum Gasteiger partial charge on any atom is -0.481 e. The van der Waals surface area contributed by atoms with Crippen LogP contribution in [0.1, 0.15) is 39.5 Å². The Morgan fingerprint density at radius 1 is 0.969 bits per heavy atom. The lowest BCUT2D eigenvalue weighted by Crippen LogP contribution is -2.53. The number of amides is 3. The number of rotatable bonds is 15. The molecule has 0 aliphatic carbocycles. The number of carbonyl (C=O) groups is 5. The van der Waals surface area contributed by atoms with E-state index in [9.17, 15) is 24.0 Å². The molecule has 3 atom stereocenters. The van der Waals surface area contributed by atoms with Gasteiger partial charge in [-0.1, -0.05) is 13.8 Å². The van der Waals surface area contributed by atoms with Crippen molar-refractivity contribution in [2.75, 3.05) is 13.1 Å². The van der Waals surface area contributed by atoms with Crippen LogP contribution in [0.2, 0.25) is 0 Å². The number of carboxylic acid groups (broad SMARTS) is 2. The molecule has 3 unspecified atom stereocenters. The molecule has 0 fully saturated rings. The van der Waals surface area contributed by atoms with Gasteiger partial charge in [0.25, 0.3) is 0 Å². The van der Waals surface area contributed by atoms with E-state index in [2.05, 4.69) is 15.6 Å². The molecular weight excluding hydrogens is 426 g/mol. The molecular formula is C18H33N7O7. The van der Waals surface area contributed by atoms with Gasteiger partial charge in [-0.25, -0.2) is 4.79 Å². The van der Waals surface area contributed by atoms with Crippen molar-refractivity contribution in [1.29, 1.82) is 0 Å². The van der Waals surface area contributed by atoms with Gasteiger partial charge in [-0.3, -0.25) is 24.2 Å². The van der Waals surface area contributed by atoms with Crippen molar-refractivity contribution in [2.45, 2.75) is 57.7 Å². The number of nitrogens with zero attached hydrogens (tertiary/aromatic N) is 1. The highest BCUT2D eigenvalue weighted by molar-refractivity contribution is 5.93. The Bertz CT molecular complexity index is 708. The first-order valence-electron chi connectivity index (χ1n) is 9.96. The van der Waals surface area contributed by atoms with Crippen molar-refractivity contribution in [2.24, 2.45) is 28.1 Å². The quantitative estimate of drug-likeness (QED) is 0.0702. The number of aliphatic carboxylic acids is 2. The topological polar surface area (TPSA) is 252 Å². The summed E-state index contributed by atoms with van der Waals surface area (Å²) in [7, 11) is 0. The van der Waals surface area contributed by atoms with Gasteiger partial charge in [0.05, 0.1) is 19.0 Å². The Balaban J connectivity index is 4.99. The van der Waals surface area contributed by atoms with Crippen molar-refractivity contribution >= 4 is 35.6 Å². The molecule has 0 saturated carbocycles. The van der Waals surface area contributed by atoms with Gasteiger partial charge in [0.2, 0.25) is 17.7 Å². The summed E-state index contributed by atoms with van der Waals surface area (Å²) in [6, 6.07) is -3.53. The fraction of sp³-hybridized carbons (Fsp3) is 0.667. The van der Waals surface area contributed by atoms with Gasteiger partial charge in [-0.15, -0.1) is 0 Å². The predicted octanol–water partition coefficient (Wildman–Crippen LogP) is -2.94. The van der Waals surface area contributed by atoms with Crippen molar-refractivity contribution in [1.82, 2.24) is 16.0 Å². The van der Waals surface area contributed by atoms with Crippen LogP contribution in [0.25, 0.3) is 0 Å². The molecule has 0 rings (SSSR count). The molecule has 0 aromatic carbocycles. The van der Waals surface area contributed by atoms with E-state index in [1.807, 2.05) is 19.2 Å². The molecule has 0 saturated heterocycles. The van der Waals surface area contributed by atoms with Gasteiger partial charge >= 0.3 is 11.9 Å². The first kappa shape index (κ1) is 28.6. The van der Waals surface area contributed by atoms with Gasteiger partial charge in [0.1, 0.15) is 12.1 Å². The Labute approximate surface area is 185 Å². The molecule has 0 aromatic heterocycles. The lowest BCUT2D eigenvalue weighted by atomic mass is 10.0. The maximum Gasteiger partial charge on any atom is 0.326 e. The molecule has 182 valence electrons. The molecule has 11 N–H and O–H groups in total. The number of nitrogens with one attached hydrogen (secondary N) is 3. The lowest BCUT2D eigenvalue weighted by Gasteiger charge is -2.21. The number of carboxylic acids is 2. The van der Waals surface area contributed by atoms with E-state index in [4.69, 9.17) is 27.4 Å². The molecule has 0 heterocycles. The largest absolute Gasteiger partial charge is 0.481 e. The van der Waals surface area contributed by atoms with Crippen LogP contribution in [-0.4, -0.2) is 77.0 Å². The van der Waals surface area contributed by atoms with E-state index in [1.165, 1.54) is 0 Å². The zero-order valence-corrected chi connectivity index (χ0v) is 18.2. The van der Waals surface area contributed by atoms with E-state index in [0.717, 1.165) is 0 Å². The molecule has 0 bridgehead atoms. The van der Waals surface area contributed by atoms with Crippen LogP contribution in [0.4, 0.5) is 0 Å². The van der Waals surface area contributed by atoms with Crippen LogP contribution in [0, 0.1) is 5.92 Å². The molecule has 0 aliphatic heterocycles. The monoisotopic (exact) mass is 459 g/mol. The smallest absolute Gasteiger partial charge is 0.326 e. The predicted molar refractivity (Wildman–Crippen MR) is 114 cm³/mol. The lowest BCUT2D eigenvalue weighted by molar-refractivity contribution is -0.147. The van der Waals surface area contributed by atoms with Crippen molar-refractivity contribution in [3.05, 3.63) is 0 Å². The highest BCUT2D eigenvalue weighted by Gasteiger charge is 2.26. The van der Waals surface area contributed by atoms with Crippen molar-refractivity contribution in [3.8, 4) is 0 Å². The van der Waals surface area contributed by atoms with Crippen LogP contribution >= 0.6 is 0 Å². The van der Waals surface area contributed by atoms with Crippen LogP contribution in [0.5, 0.6) is 0 Å². The minimum absolute atomic E-state index is 0.125. The van der Waals surface area contributed by atoms with Crippen molar-refractivity contribution in [3.63, 3.8) is 0 Å². The van der Waals surface area contributed by atoms with Gasteiger partial charge in [-0.2, -0.15) is 0 Å². The average Bonchev–Trinajstić information content (AvgIpc) is 2.66. The number of aliphatic imine (C=N–C) groups is 1. The van der Waals surface area contributed by atoms with E-state index < -0.39 is 60.8 Å². The Hall–Kier alpha value is -3.42.